The first kappa shape index (κ1) is 11.2. The molecule has 0 amide bonds. The standard InChI is InChI=1S/C13H16N2O3/c1-17-13(16)11-9(14)4-5-10-12(11)18-7-8-3-2-6-15(8)10/h4-5,8H,2-3,6-7,14H2,1H3/t8-/m0/s1. The monoisotopic (exact) mass is 248 g/mol. The second kappa shape index (κ2) is 4.08. The molecule has 2 aliphatic heterocycles. The highest BCUT2D eigenvalue weighted by Gasteiger charge is 2.34. The highest BCUT2D eigenvalue weighted by atomic mass is 16.5. The summed E-state index contributed by atoms with van der Waals surface area (Å²) in [4.78, 5) is 14.1. The number of anilines is 2. The molecular formula is C13H16N2O3. The van der Waals surface area contributed by atoms with Crippen molar-refractivity contribution in [2.24, 2.45) is 0 Å². The van der Waals surface area contributed by atoms with Crippen LogP contribution >= 0.6 is 0 Å². The van der Waals surface area contributed by atoms with Crippen LogP contribution in [-0.4, -0.2) is 32.3 Å². The van der Waals surface area contributed by atoms with Gasteiger partial charge in [0.1, 0.15) is 12.2 Å². The molecule has 1 aromatic carbocycles. The summed E-state index contributed by atoms with van der Waals surface area (Å²) in [6.45, 7) is 1.62. The van der Waals surface area contributed by atoms with Gasteiger partial charge < -0.3 is 20.1 Å². The number of nitrogens with zero attached hydrogens (tertiary/aromatic N) is 1. The van der Waals surface area contributed by atoms with E-state index in [0.29, 0.717) is 29.6 Å². The number of fused-ring (bicyclic) bond motifs is 3. The fraction of sp³-hybridized carbons (Fsp3) is 0.462. The predicted octanol–water partition coefficient (Wildman–Crippen LogP) is 1.42. The van der Waals surface area contributed by atoms with E-state index in [4.69, 9.17) is 15.2 Å². The zero-order valence-corrected chi connectivity index (χ0v) is 10.3. The van der Waals surface area contributed by atoms with Crippen molar-refractivity contribution >= 4 is 17.3 Å². The van der Waals surface area contributed by atoms with Gasteiger partial charge in [-0.05, 0) is 25.0 Å². The highest BCUT2D eigenvalue weighted by molar-refractivity contribution is 6.00. The summed E-state index contributed by atoms with van der Waals surface area (Å²) >= 11 is 0. The van der Waals surface area contributed by atoms with Gasteiger partial charge in [-0.25, -0.2) is 4.79 Å². The van der Waals surface area contributed by atoms with Crippen LogP contribution in [-0.2, 0) is 4.74 Å². The molecule has 3 rings (SSSR count). The molecule has 1 fully saturated rings. The number of esters is 1. The fourth-order valence-corrected chi connectivity index (χ4v) is 2.78. The second-order valence-electron chi connectivity index (χ2n) is 4.67. The lowest BCUT2D eigenvalue weighted by Crippen LogP contribution is -2.38. The first-order valence-electron chi connectivity index (χ1n) is 6.12. The van der Waals surface area contributed by atoms with E-state index in [0.717, 1.165) is 25.1 Å². The Morgan fingerprint density at radius 1 is 1.56 bits per heavy atom. The average molecular weight is 248 g/mol. The molecule has 0 spiro atoms. The van der Waals surface area contributed by atoms with Crippen molar-refractivity contribution in [3.63, 3.8) is 0 Å². The Kier molecular flexibility index (Phi) is 2.54. The molecule has 5 heteroatoms. The Morgan fingerprint density at radius 2 is 2.39 bits per heavy atom. The quantitative estimate of drug-likeness (QED) is 0.601. The van der Waals surface area contributed by atoms with Crippen LogP contribution in [0.3, 0.4) is 0 Å². The number of methoxy groups -OCH3 is 1. The molecule has 0 unspecified atom stereocenters. The zero-order valence-electron chi connectivity index (χ0n) is 10.3. The van der Waals surface area contributed by atoms with Crippen molar-refractivity contribution < 1.29 is 14.3 Å². The third kappa shape index (κ3) is 1.50. The van der Waals surface area contributed by atoms with Gasteiger partial charge in [-0.15, -0.1) is 0 Å². The van der Waals surface area contributed by atoms with E-state index in [1.807, 2.05) is 6.07 Å². The Balaban J connectivity index is 2.12. The van der Waals surface area contributed by atoms with E-state index in [1.165, 1.54) is 7.11 Å². The number of nitrogen functional groups attached to an aromatic ring is 1. The normalized spacial score (nSPS) is 20.9. The summed E-state index contributed by atoms with van der Waals surface area (Å²) in [6, 6.07) is 4.09. The van der Waals surface area contributed by atoms with Gasteiger partial charge in [-0.2, -0.15) is 0 Å². The predicted molar refractivity (Wildman–Crippen MR) is 68.1 cm³/mol. The Morgan fingerprint density at radius 3 is 3.17 bits per heavy atom. The van der Waals surface area contributed by atoms with Gasteiger partial charge in [0.05, 0.1) is 24.5 Å². The van der Waals surface area contributed by atoms with Crippen LogP contribution in [0, 0.1) is 0 Å². The van der Waals surface area contributed by atoms with E-state index in [9.17, 15) is 4.79 Å². The molecule has 0 aliphatic carbocycles. The lowest BCUT2D eigenvalue weighted by atomic mass is 10.1. The molecule has 2 N–H and O–H groups in total. The maximum Gasteiger partial charge on any atom is 0.343 e. The summed E-state index contributed by atoms with van der Waals surface area (Å²) < 4.78 is 10.5. The number of nitrogens with two attached hydrogens (primary N) is 1. The second-order valence-corrected chi connectivity index (χ2v) is 4.67. The molecular weight excluding hydrogens is 232 g/mol. The van der Waals surface area contributed by atoms with Crippen LogP contribution in [0.4, 0.5) is 11.4 Å². The van der Waals surface area contributed by atoms with Crippen molar-refractivity contribution in [1.82, 2.24) is 0 Å². The molecule has 18 heavy (non-hydrogen) atoms. The molecule has 2 aliphatic rings. The maximum atomic E-state index is 11.8. The Bertz CT molecular complexity index is 501. The van der Waals surface area contributed by atoms with E-state index in [1.54, 1.807) is 6.07 Å². The molecule has 1 saturated heterocycles. The van der Waals surface area contributed by atoms with Gasteiger partial charge in [0.2, 0.25) is 0 Å². The van der Waals surface area contributed by atoms with E-state index in [-0.39, 0.29) is 0 Å². The number of hydrogen-bond acceptors (Lipinski definition) is 5. The summed E-state index contributed by atoms with van der Waals surface area (Å²) in [5.74, 6) is 0.127. The molecule has 1 atom stereocenters. The SMILES string of the molecule is COC(=O)c1c(N)ccc2c1OC[C@@H]1CCCN21. The number of benzene rings is 1. The number of hydrogen-bond donors (Lipinski definition) is 1. The van der Waals surface area contributed by atoms with Gasteiger partial charge in [0, 0.05) is 6.54 Å². The molecule has 0 aromatic heterocycles. The van der Waals surface area contributed by atoms with Crippen molar-refractivity contribution in [2.45, 2.75) is 18.9 Å². The smallest absolute Gasteiger partial charge is 0.343 e. The third-order valence-electron chi connectivity index (χ3n) is 3.67. The minimum Gasteiger partial charge on any atom is -0.488 e. The van der Waals surface area contributed by atoms with Gasteiger partial charge in [-0.3, -0.25) is 0 Å². The number of ether oxygens (including phenoxy) is 2. The van der Waals surface area contributed by atoms with Gasteiger partial charge in [0.25, 0.3) is 0 Å². The first-order valence-corrected chi connectivity index (χ1v) is 6.12. The summed E-state index contributed by atoms with van der Waals surface area (Å²) in [6.07, 6.45) is 2.29. The average Bonchev–Trinajstić information content (AvgIpc) is 2.86. The molecule has 96 valence electrons. The fourth-order valence-electron chi connectivity index (χ4n) is 2.78. The molecule has 0 bridgehead atoms. The summed E-state index contributed by atoms with van der Waals surface area (Å²) in [5.41, 5.74) is 7.56. The van der Waals surface area contributed by atoms with Crippen molar-refractivity contribution in [3.05, 3.63) is 17.7 Å². The summed E-state index contributed by atoms with van der Waals surface area (Å²) in [7, 11) is 1.35. The third-order valence-corrected chi connectivity index (χ3v) is 3.67. The lowest BCUT2D eigenvalue weighted by molar-refractivity contribution is 0.0596. The zero-order chi connectivity index (χ0) is 12.7. The molecule has 2 heterocycles. The van der Waals surface area contributed by atoms with E-state index in [2.05, 4.69) is 4.90 Å². The molecule has 1 aromatic rings. The van der Waals surface area contributed by atoms with Crippen LogP contribution in [0.5, 0.6) is 5.75 Å². The van der Waals surface area contributed by atoms with Crippen LogP contribution in [0.15, 0.2) is 12.1 Å². The highest BCUT2D eigenvalue weighted by Crippen LogP contribution is 2.42. The van der Waals surface area contributed by atoms with Crippen LogP contribution in [0.1, 0.15) is 23.2 Å². The van der Waals surface area contributed by atoms with E-state index >= 15 is 0 Å². The molecule has 0 saturated carbocycles. The van der Waals surface area contributed by atoms with Crippen molar-refractivity contribution in [1.29, 1.82) is 0 Å². The van der Waals surface area contributed by atoms with E-state index < -0.39 is 5.97 Å². The minimum atomic E-state index is -0.443. The number of carbonyl (C=O) groups is 1. The topological polar surface area (TPSA) is 64.8 Å². The van der Waals surface area contributed by atoms with Crippen molar-refractivity contribution in [3.8, 4) is 5.75 Å². The number of rotatable bonds is 1. The maximum absolute atomic E-state index is 11.8. The summed E-state index contributed by atoms with van der Waals surface area (Å²) in [5, 5.41) is 0. The van der Waals surface area contributed by atoms with Crippen LogP contribution in [0.2, 0.25) is 0 Å². The number of carbonyl (C=O) groups excluding carboxylic acids is 1. The molecule has 0 radical (unpaired) electrons. The van der Waals surface area contributed by atoms with Gasteiger partial charge in [0.15, 0.2) is 5.75 Å². The largest absolute Gasteiger partial charge is 0.488 e. The minimum absolute atomic E-state index is 0.348. The van der Waals surface area contributed by atoms with Crippen molar-refractivity contribution in [2.75, 3.05) is 30.9 Å². The van der Waals surface area contributed by atoms with Gasteiger partial charge >= 0.3 is 5.97 Å². The lowest BCUT2D eigenvalue weighted by Gasteiger charge is -2.34. The Hall–Kier alpha value is -1.91. The van der Waals surface area contributed by atoms with Crippen LogP contribution in [0.25, 0.3) is 0 Å². The van der Waals surface area contributed by atoms with Gasteiger partial charge in [-0.1, -0.05) is 0 Å². The Labute approximate surface area is 105 Å². The van der Waals surface area contributed by atoms with Crippen LogP contribution < -0.4 is 15.4 Å². The first-order chi connectivity index (χ1) is 8.72. The molecule has 5 nitrogen and oxygen atoms in total.